The Balaban J connectivity index is 2.19. The molecule has 1 rings (SSSR count). The van der Waals surface area contributed by atoms with Crippen LogP contribution >= 0.6 is 0 Å². The van der Waals surface area contributed by atoms with E-state index in [0.717, 1.165) is 5.92 Å². The van der Waals surface area contributed by atoms with Crippen molar-refractivity contribution in [2.75, 3.05) is 20.3 Å². The Hall–Kier alpha value is -0.120. The van der Waals surface area contributed by atoms with Gasteiger partial charge in [-0.15, -0.1) is 0 Å². The minimum atomic E-state index is -0.377. The predicted octanol–water partition coefficient (Wildman–Crippen LogP) is 1.94. The highest BCUT2D eigenvalue weighted by molar-refractivity contribution is 4.76. The highest BCUT2D eigenvalue weighted by Gasteiger charge is 2.19. The average Bonchev–Trinajstić information content (AvgIpc) is 2.55. The van der Waals surface area contributed by atoms with Crippen molar-refractivity contribution in [2.45, 2.75) is 57.6 Å². The van der Waals surface area contributed by atoms with Crippen molar-refractivity contribution in [3.05, 3.63) is 0 Å². The van der Waals surface area contributed by atoms with Crippen molar-refractivity contribution in [2.24, 2.45) is 5.92 Å². The predicted molar refractivity (Wildman–Crippen MR) is 66.5 cm³/mol. The molecule has 2 N–H and O–H groups in total. The van der Waals surface area contributed by atoms with Gasteiger partial charge in [0.1, 0.15) is 0 Å². The lowest BCUT2D eigenvalue weighted by Gasteiger charge is -2.24. The van der Waals surface area contributed by atoms with Crippen LogP contribution in [-0.2, 0) is 4.74 Å². The minimum absolute atomic E-state index is 0.377. The van der Waals surface area contributed by atoms with Crippen molar-refractivity contribution in [3.63, 3.8) is 0 Å². The van der Waals surface area contributed by atoms with Crippen molar-refractivity contribution in [1.29, 1.82) is 0 Å². The first-order valence-corrected chi connectivity index (χ1v) is 6.64. The molecule has 2 atom stereocenters. The molecule has 1 aliphatic carbocycles. The van der Waals surface area contributed by atoms with Gasteiger partial charge in [0.25, 0.3) is 0 Å². The molecule has 1 saturated carbocycles. The third-order valence-electron chi connectivity index (χ3n) is 3.64. The number of rotatable bonds is 6. The summed E-state index contributed by atoms with van der Waals surface area (Å²) in [6.07, 6.45) is 7.85. The van der Waals surface area contributed by atoms with Crippen LogP contribution in [0, 0.1) is 5.92 Å². The molecular weight excluding hydrogens is 202 g/mol. The zero-order chi connectivity index (χ0) is 11.8. The molecule has 16 heavy (non-hydrogen) atoms. The molecule has 0 aromatic carbocycles. The maximum Gasteiger partial charge on any atom is 0.0897 e. The van der Waals surface area contributed by atoms with E-state index >= 15 is 0 Å². The minimum Gasteiger partial charge on any atom is -0.389 e. The van der Waals surface area contributed by atoms with Gasteiger partial charge in [-0.3, -0.25) is 0 Å². The van der Waals surface area contributed by atoms with Gasteiger partial charge in [0.2, 0.25) is 0 Å². The van der Waals surface area contributed by atoms with Crippen LogP contribution in [0.15, 0.2) is 0 Å². The molecule has 0 saturated heterocycles. The lowest BCUT2D eigenvalue weighted by molar-refractivity contribution is 0.0613. The third kappa shape index (κ3) is 5.28. The smallest absolute Gasteiger partial charge is 0.0897 e. The van der Waals surface area contributed by atoms with Gasteiger partial charge < -0.3 is 15.2 Å². The third-order valence-corrected chi connectivity index (χ3v) is 3.64. The Kier molecular flexibility index (Phi) is 7.01. The topological polar surface area (TPSA) is 41.5 Å². The summed E-state index contributed by atoms with van der Waals surface area (Å²) in [6, 6.07) is 0.518. The van der Waals surface area contributed by atoms with Gasteiger partial charge in [0.05, 0.1) is 12.7 Å². The number of nitrogens with one attached hydrogen (secondary N) is 1. The second-order valence-corrected chi connectivity index (χ2v) is 5.06. The normalized spacial score (nSPS) is 22.7. The van der Waals surface area contributed by atoms with Crippen molar-refractivity contribution in [3.8, 4) is 0 Å². The fraction of sp³-hybridized carbons (Fsp3) is 1.00. The van der Waals surface area contributed by atoms with Gasteiger partial charge in [0.15, 0.2) is 0 Å². The molecule has 3 heteroatoms. The molecule has 1 fully saturated rings. The van der Waals surface area contributed by atoms with E-state index in [4.69, 9.17) is 4.74 Å². The molecule has 0 radical (unpaired) electrons. The highest BCUT2D eigenvalue weighted by atomic mass is 16.5. The summed E-state index contributed by atoms with van der Waals surface area (Å²) >= 11 is 0. The van der Waals surface area contributed by atoms with Crippen LogP contribution in [0.4, 0.5) is 0 Å². The molecule has 0 aromatic heterocycles. The first-order valence-electron chi connectivity index (χ1n) is 6.64. The molecule has 0 aromatic rings. The number of hydrogen-bond donors (Lipinski definition) is 2. The van der Waals surface area contributed by atoms with Crippen LogP contribution in [0.1, 0.15) is 45.4 Å². The summed E-state index contributed by atoms with van der Waals surface area (Å²) in [6.45, 7) is 3.31. The Morgan fingerprint density at radius 1 is 1.25 bits per heavy atom. The molecule has 1 unspecified atom stereocenters. The highest BCUT2D eigenvalue weighted by Crippen LogP contribution is 2.25. The van der Waals surface area contributed by atoms with E-state index < -0.39 is 0 Å². The molecule has 1 aliphatic rings. The molecule has 0 heterocycles. The van der Waals surface area contributed by atoms with Gasteiger partial charge in [-0.1, -0.05) is 25.7 Å². The summed E-state index contributed by atoms with van der Waals surface area (Å²) in [5, 5.41) is 13.0. The van der Waals surface area contributed by atoms with Gasteiger partial charge in [-0.05, 0) is 25.7 Å². The molecule has 0 aliphatic heterocycles. The van der Waals surface area contributed by atoms with E-state index in [9.17, 15) is 5.11 Å². The lowest BCUT2D eigenvalue weighted by Crippen LogP contribution is -2.39. The van der Waals surface area contributed by atoms with E-state index in [1.54, 1.807) is 7.11 Å². The number of ether oxygens (including phenoxy) is 1. The van der Waals surface area contributed by atoms with E-state index in [2.05, 4.69) is 12.2 Å². The number of aliphatic hydroxyl groups is 1. The summed E-state index contributed by atoms with van der Waals surface area (Å²) in [5.74, 6) is 0.789. The first-order chi connectivity index (χ1) is 7.74. The van der Waals surface area contributed by atoms with Crippen LogP contribution in [0.2, 0.25) is 0 Å². The van der Waals surface area contributed by atoms with Gasteiger partial charge in [-0.25, -0.2) is 0 Å². The number of methoxy groups -OCH3 is 1. The lowest BCUT2D eigenvalue weighted by atomic mass is 9.93. The average molecular weight is 229 g/mol. The fourth-order valence-electron chi connectivity index (χ4n) is 2.55. The fourth-order valence-corrected chi connectivity index (χ4v) is 2.55. The Labute approximate surface area is 99.6 Å². The van der Waals surface area contributed by atoms with Crippen LogP contribution < -0.4 is 5.32 Å². The summed E-state index contributed by atoms with van der Waals surface area (Å²) in [5.41, 5.74) is 0. The Bertz CT molecular complexity index is 167. The van der Waals surface area contributed by atoms with Crippen LogP contribution in [0.5, 0.6) is 0 Å². The summed E-state index contributed by atoms with van der Waals surface area (Å²) in [7, 11) is 1.62. The second-order valence-electron chi connectivity index (χ2n) is 5.06. The van der Waals surface area contributed by atoms with Crippen molar-refractivity contribution in [1.82, 2.24) is 5.32 Å². The van der Waals surface area contributed by atoms with E-state index in [-0.39, 0.29) is 6.10 Å². The van der Waals surface area contributed by atoms with Crippen molar-refractivity contribution < 1.29 is 9.84 Å². The molecule has 0 spiro atoms. The molecular formula is C13H27NO2. The SMILES string of the molecule is COCC(O)CN[C@H](C)C1CCCCCC1. The summed E-state index contributed by atoms with van der Waals surface area (Å²) < 4.78 is 4.91. The maximum absolute atomic E-state index is 9.56. The largest absolute Gasteiger partial charge is 0.389 e. The molecule has 0 amide bonds. The van der Waals surface area contributed by atoms with Crippen LogP contribution in [0.25, 0.3) is 0 Å². The van der Waals surface area contributed by atoms with E-state index in [1.165, 1.54) is 38.5 Å². The number of aliphatic hydroxyl groups excluding tert-OH is 1. The summed E-state index contributed by atoms with van der Waals surface area (Å²) in [4.78, 5) is 0. The monoisotopic (exact) mass is 229 g/mol. The second kappa shape index (κ2) is 8.04. The zero-order valence-electron chi connectivity index (χ0n) is 10.7. The maximum atomic E-state index is 9.56. The van der Waals surface area contributed by atoms with Crippen LogP contribution in [0.3, 0.4) is 0 Å². The Morgan fingerprint density at radius 2 is 1.88 bits per heavy atom. The van der Waals surface area contributed by atoms with Gasteiger partial charge in [-0.2, -0.15) is 0 Å². The zero-order valence-corrected chi connectivity index (χ0v) is 10.7. The van der Waals surface area contributed by atoms with E-state index in [1.807, 2.05) is 0 Å². The van der Waals surface area contributed by atoms with Gasteiger partial charge in [0, 0.05) is 19.7 Å². The van der Waals surface area contributed by atoms with Gasteiger partial charge >= 0.3 is 0 Å². The van der Waals surface area contributed by atoms with Crippen LogP contribution in [-0.4, -0.2) is 37.5 Å². The first kappa shape index (κ1) is 13.9. The molecule has 3 nitrogen and oxygen atoms in total. The molecule has 0 bridgehead atoms. The number of hydrogen-bond acceptors (Lipinski definition) is 3. The quantitative estimate of drug-likeness (QED) is 0.684. The Morgan fingerprint density at radius 3 is 2.44 bits per heavy atom. The van der Waals surface area contributed by atoms with E-state index in [0.29, 0.717) is 19.2 Å². The molecule has 96 valence electrons. The standard InChI is InChI=1S/C13H27NO2/c1-11(14-9-13(15)10-16-2)12-7-5-3-4-6-8-12/h11-15H,3-10H2,1-2H3/t11-,13?/m1/s1. The van der Waals surface area contributed by atoms with Crippen molar-refractivity contribution >= 4 is 0 Å².